The number of methoxy groups -OCH3 is 2. The molecule has 1 saturated heterocycles. The van der Waals surface area contributed by atoms with E-state index in [1.165, 1.54) is 0 Å². The van der Waals surface area contributed by atoms with Gasteiger partial charge in [0, 0.05) is 31.7 Å². The Morgan fingerprint density at radius 3 is 2.39 bits per heavy atom. The van der Waals surface area contributed by atoms with Crippen LogP contribution in [0, 0.1) is 0 Å². The van der Waals surface area contributed by atoms with Gasteiger partial charge in [0.25, 0.3) is 5.91 Å². The highest BCUT2D eigenvalue weighted by Gasteiger charge is 2.23. The fourth-order valence-corrected chi connectivity index (χ4v) is 3.82. The highest BCUT2D eigenvalue weighted by Crippen LogP contribution is 2.32. The first-order valence-electron chi connectivity index (χ1n) is 10.5. The molecule has 1 fully saturated rings. The maximum absolute atomic E-state index is 12.5. The van der Waals surface area contributed by atoms with Crippen molar-refractivity contribution in [3.8, 4) is 28.5 Å². The second kappa shape index (κ2) is 10.4. The van der Waals surface area contributed by atoms with Gasteiger partial charge in [-0.05, 0) is 42.5 Å². The van der Waals surface area contributed by atoms with Crippen molar-refractivity contribution >= 4 is 23.3 Å². The standard InChI is InChI=1S/C24H25ClN4O4/c1-31-17-7-9-21(32-2)18(15-17)20-8-10-23(27-26-20)28-11-13-29(14-12-28)24(30)16-33-22-6-4-3-5-19(22)25/h3-10,15H,11-14,16H2,1-2H3. The number of rotatable bonds is 7. The zero-order valence-electron chi connectivity index (χ0n) is 18.5. The summed E-state index contributed by atoms with van der Waals surface area (Å²) in [6.45, 7) is 2.44. The fraction of sp³-hybridized carbons (Fsp3) is 0.292. The molecule has 33 heavy (non-hydrogen) atoms. The van der Waals surface area contributed by atoms with Gasteiger partial charge in [-0.1, -0.05) is 23.7 Å². The second-order valence-corrected chi connectivity index (χ2v) is 7.84. The predicted molar refractivity (Wildman–Crippen MR) is 126 cm³/mol. The average molecular weight is 469 g/mol. The molecule has 0 aliphatic carbocycles. The molecule has 9 heteroatoms. The number of benzene rings is 2. The van der Waals surface area contributed by atoms with E-state index >= 15 is 0 Å². The Balaban J connectivity index is 1.35. The van der Waals surface area contributed by atoms with Crippen molar-refractivity contribution in [2.24, 2.45) is 0 Å². The Hall–Kier alpha value is -3.52. The first-order valence-corrected chi connectivity index (χ1v) is 10.9. The van der Waals surface area contributed by atoms with Crippen LogP contribution in [0.15, 0.2) is 54.6 Å². The molecule has 0 atom stereocenters. The summed E-state index contributed by atoms with van der Waals surface area (Å²) in [5.74, 6) is 2.62. The highest BCUT2D eigenvalue weighted by molar-refractivity contribution is 6.32. The minimum atomic E-state index is -0.0684. The molecule has 2 heterocycles. The summed E-state index contributed by atoms with van der Waals surface area (Å²) in [5, 5.41) is 9.28. The van der Waals surface area contributed by atoms with E-state index in [0.29, 0.717) is 48.4 Å². The van der Waals surface area contributed by atoms with Gasteiger partial charge < -0.3 is 24.0 Å². The van der Waals surface area contributed by atoms with Gasteiger partial charge in [-0.25, -0.2) is 0 Å². The van der Waals surface area contributed by atoms with Crippen LogP contribution in [-0.4, -0.2) is 68.0 Å². The van der Waals surface area contributed by atoms with Gasteiger partial charge in [0.15, 0.2) is 12.4 Å². The monoisotopic (exact) mass is 468 g/mol. The van der Waals surface area contributed by atoms with Crippen molar-refractivity contribution in [1.29, 1.82) is 0 Å². The van der Waals surface area contributed by atoms with Gasteiger partial charge in [-0.2, -0.15) is 0 Å². The van der Waals surface area contributed by atoms with Crippen molar-refractivity contribution in [2.75, 3.05) is 51.9 Å². The number of amides is 1. The van der Waals surface area contributed by atoms with E-state index in [1.54, 1.807) is 31.3 Å². The minimum Gasteiger partial charge on any atom is -0.497 e. The number of carbonyl (C=O) groups is 1. The molecule has 0 N–H and O–H groups in total. The van der Waals surface area contributed by atoms with Crippen molar-refractivity contribution in [3.05, 3.63) is 59.6 Å². The van der Waals surface area contributed by atoms with Crippen molar-refractivity contribution in [1.82, 2.24) is 15.1 Å². The van der Waals surface area contributed by atoms with Crippen molar-refractivity contribution in [2.45, 2.75) is 0 Å². The van der Waals surface area contributed by atoms with Crippen LogP contribution in [0.2, 0.25) is 5.02 Å². The van der Waals surface area contributed by atoms with Gasteiger partial charge in [0.2, 0.25) is 0 Å². The summed E-state index contributed by atoms with van der Waals surface area (Å²) in [4.78, 5) is 16.4. The third kappa shape index (κ3) is 5.28. The Labute approximate surface area is 197 Å². The SMILES string of the molecule is COc1ccc(OC)c(-c2ccc(N3CCN(C(=O)COc4ccccc4Cl)CC3)nn2)c1. The van der Waals surface area contributed by atoms with Crippen LogP contribution in [0.4, 0.5) is 5.82 Å². The number of carbonyl (C=O) groups excluding carboxylic acids is 1. The molecule has 0 radical (unpaired) electrons. The summed E-state index contributed by atoms with van der Waals surface area (Å²) in [7, 11) is 3.24. The lowest BCUT2D eigenvalue weighted by Gasteiger charge is -2.35. The molecule has 4 rings (SSSR count). The molecule has 2 aromatic carbocycles. The summed E-state index contributed by atoms with van der Waals surface area (Å²) in [5.41, 5.74) is 1.50. The molecule has 1 aromatic heterocycles. The van der Waals surface area contributed by atoms with Crippen LogP contribution < -0.4 is 19.1 Å². The van der Waals surface area contributed by atoms with E-state index in [4.69, 9.17) is 25.8 Å². The largest absolute Gasteiger partial charge is 0.497 e. The maximum Gasteiger partial charge on any atom is 0.260 e. The van der Waals surface area contributed by atoms with Crippen LogP contribution in [-0.2, 0) is 4.79 Å². The first kappa shape index (κ1) is 22.7. The summed E-state index contributed by atoms with van der Waals surface area (Å²) >= 11 is 6.08. The number of aromatic nitrogens is 2. The quantitative estimate of drug-likeness (QED) is 0.524. The van der Waals surface area contributed by atoms with Crippen molar-refractivity contribution < 1.29 is 19.0 Å². The molecule has 0 saturated carbocycles. The molecule has 172 valence electrons. The topological polar surface area (TPSA) is 77.0 Å². The Morgan fingerprint density at radius 2 is 1.73 bits per heavy atom. The normalized spacial score (nSPS) is 13.5. The van der Waals surface area contributed by atoms with E-state index < -0.39 is 0 Å². The van der Waals surface area contributed by atoms with Gasteiger partial charge in [0.1, 0.15) is 17.2 Å². The number of halogens is 1. The highest BCUT2D eigenvalue weighted by atomic mass is 35.5. The number of piperazine rings is 1. The number of hydrogen-bond donors (Lipinski definition) is 0. The van der Waals surface area contributed by atoms with Crippen LogP contribution in [0.25, 0.3) is 11.3 Å². The van der Waals surface area contributed by atoms with E-state index in [-0.39, 0.29) is 12.5 Å². The number of hydrogen-bond acceptors (Lipinski definition) is 7. The van der Waals surface area contributed by atoms with Gasteiger partial charge >= 0.3 is 0 Å². The smallest absolute Gasteiger partial charge is 0.260 e. The Morgan fingerprint density at radius 1 is 0.939 bits per heavy atom. The lowest BCUT2D eigenvalue weighted by Crippen LogP contribution is -2.50. The minimum absolute atomic E-state index is 0.0411. The van der Waals surface area contributed by atoms with E-state index in [9.17, 15) is 4.79 Å². The number of para-hydroxylation sites is 1. The second-order valence-electron chi connectivity index (χ2n) is 7.43. The van der Waals surface area contributed by atoms with Crippen LogP contribution in [0.3, 0.4) is 0 Å². The molecule has 0 unspecified atom stereocenters. The molecule has 0 spiro atoms. The summed E-state index contributed by atoms with van der Waals surface area (Å²) in [6.07, 6.45) is 0. The lowest BCUT2D eigenvalue weighted by molar-refractivity contribution is -0.133. The fourth-order valence-electron chi connectivity index (χ4n) is 3.63. The summed E-state index contributed by atoms with van der Waals surface area (Å²) < 4.78 is 16.3. The van der Waals surface area contributed by atoms with E-state index in [1.807, 2.05) is 42.5 Å². The molecule has 0 bridgehead atoms. The molecular formula is C24H25ClN4O4. The average Bonchev–Trinajstić information content (AvgIpc) is 2.88. The van der Waals surface area contributed by atoms with Crippen molar-refractivity contribution in [3.63, 3.8) is 0 Å². The molecule has 1 amide bonds. The van der Waals surface area contributed by atoms with Gasteiger partial charge in [-0.3, -0.25) is 4.79 Å². The zero-order chi connectivity index (χ0) is 23.2. The third-order valence-corrected chi connectivity index (χ3v) is 5.79. The van der Waals surface area contributed by atoms with Crippen LogP contribution in [0.5, 0.6) is 17.2 Å². The maximum atomic E-state index is 12.5. The zero-order valence-corrected chi connectivity index (χ0v) is 19.3. The molecular weight excluding hydrogens is 444 g/mol. The lowest BCUT2D eigenvalue weighted by atomic mass is 10.1. The molecule has 3 aromatic rings. The van der Waals surface area contributed by atoms with Crippen LogP contribution in [0.1, 0.15) is 0 Å². The number of anilines is 1. The number of ether oxygens (including phenoxy) is 3. The molecule has 1 aliphatic heterocycles. The van der Waals surface area contributed by atoms with E-state index in [2.05, 4.69) is 15.1 Å². The molecule has 8 nitrogen and oxygen atoms in total. The van der Waals surface area contributed by atoms with Gasteiger partial charge in [0.05, 0.1) is 24.9 Å². The molecule has 1 aliphatic rings. The third-order valence-electron chi connectivity index (χ3n) is 5.48. The Bertz CT molecular complexity index is 1100. The van der Waals surface area contributed by atoms with E-state index in [0.717, 1.165) is 17.1 Å². The number of nitrogens with zero attached hydrogens (tertiary/aromatic N) is 4. The predicted octanol–water partition coefficient (Wildman–Crippen LogP) is 3.54. The van der Waals surface area contributed by atoms with Gasteiger partial charge in [-0.15, -0.1) is 10.2 Å². The summed E-state index contributed by atoms with van der Waals surface area (Å²) in [6, 6.07) is 16.5. The first-order chi connectivity index (χ1) is 16.1. The Kier molecular flexibility index (Phi) is 7.14. The van der Waals surface area contributed by atoms with Crippen LogP contribution >= 0.6 is 11.6 Å².